The maximum Gasteiger partial charge on any atom is 0.222 e. The van der Waals surface area contributed by atoms with Crippen molar-refractivity contribution in [3.63, 3.8) is 0 Å². The van der Waals surface area contributed by atoms with Gasteiger partial charge in [0.05, 0.1) is 5.52 Å². The molecule has 0 saturated carbocycles. The van der Waals surface area contributed by atoms with E-state index in [-0.39, 0.29) is 27.0 Å². The van der Waals surface area contributed by atoms with Gasteiger partial charge in [-0.3, -0.25) is 0 Å². The summed E-state index contributed by atoms with van der Waals surface area (Å²) in [5, 5.41) is 0.840. The number of nitrogen functional groups attached to an aromatic ring is 2. The maximum absolute atomic E-state index is 5.63. The summed E-state index contributed by atoms with van der Waals surface area (Å²) in [6.07, 6.45) is 0. The van der Waals surface area contributed by atoms with Crippen molar-refractivity contribution >= 4 is 22.7 Å². The smallest absolute Gasteiger partial charge is 0.222 e. The van der Waals surface area contributed by atoms with Gasteiger partial charge in [0.2, 0.25) is 5.95 Å². The van der Waals surface area contributed by atoms with Crippen LogP contribution in [0.25, 0.3) is 10.9 Å². The molecule has 0 unspecified atom stereocenters. The molecule has 0 radical (unpaired) electrons. The molecule has 5 heteroatoms. The van der Waals surface area contributed by atoms with E-state index in [9.17, 15) is 0 Å². The van der Waals surface area contributed by atoms with Gasteiger partial charge in [0, 0.05) is 26.5 Å². The van der Waals surface area contributed by atoms with E-state index in [0.717, 1.165) is 10.9 Å². The minimum Gasteiger partial charge on any atom is -0.383 e. The zero-order valence-electron chi connectivity index (χ0n) is 6.67. The van der Waals surface area contributed by atoms with Crippen molar-refractivity contribution in [2.24, 2.45) is 0 Å². The average molecular weight is 355 g/mol. The Morgan fingerprint density at radius 3 is 2.46 bits per heavy atom. The van der Waals surface area contributed by atoms with Crippen LogP contribution in [-0.4, -0.2) is 9.97 Å². The van der Waals surface area contributed by atoms with Gasteiger partial charge >= 0.3 is 0 Å². The monoisotopic (exact) mass is 355 g/mol. The number of benzene rings is 1. The van der Waals surface area contributed by atoms with E-state index < -0.39 is 0 Å². The van der Waals surface area contributed by atoms with Crippen LogP contribution in [0.1, 0.15) is 0 Å². The molecular weight excluding hydrogens is 347 g/mol. The fourth-order valence-electron chi connectivity index (χ4n) is 1.12. The van der Waals surface area contributed by atoms with Crippen molar-refractivity contribution in [3.8, 4) is 0 Å². The summed E-state index contributed by atoms with van der Waals surface area (Å²) in [6, 6.07) is 7.49. The van der Waals surface area contributed by atoms with Crippen molar-refractivity contribution in [1.82, 2.24) is 9.97 Å². The number of anilines is 2. The molecule has 0 aliphatic carbocycles. The van der Waals surface area contributed by atoms with Gasteiger partial charge in [0.25, 0.3) is 0 Å². The minimum atomic E-state index is 0. The van der Waals surface area contributed by atoms with Gasteiger partial charge in [-0.1, -0.05) is 12.1 Å². The topological polar surface area (TPSA) is 77.8 Å². The standard InChI is InChI=1S/C8H8N4.Pt/c9-7-5-3-1-2-4-6(5)11-8(10)12-7;/h1-4H,(H4,9,10,11,12);. The second-order valence-corrected chi connectivity index (χ2v) is 2.48. The third-order valence-electron chi connectivity index (χ3n) is 1.65. The van der Waals surface area contributed by atoms with Gasteiger partial charge < -0.3 is 11.5 Å². The van der Waals surface area contributed by atoms with E-state index in [4.69, 9.17) is 11.5 Å². The summed E-state index contributed by atoms with van der Waals surface area (Å²) >= 11 is 0. The fraction of sp³-hybridized carbons (Fsp3) is 0. The van der Waals surface area contributed by atoms with Crippen LogP contribution in [0.4, 0.5) is 11.8 Å². The molecule has 0 amide bonds. The first-order valence-electron chi connectivity index (χ1n) is 3.55. The SMILES string of the molecule is Nc1nc(N)c2ccccc2n1.[Pt]. The van der Waals surface area contributed by atoms with Gasteiger partial charge in [-0.25, -0.2) is 4.98 Å². The second-order valence-electron chi connectivity index (χ2n) is 2.48. The Hall–Kier alpha value is -1.15. The number of hydrogen-bond donors (Lipinski definition) is 2. The summed E-state index contributed by atoms with van der Waals surface area (Å²) in [6.45, 7) is 0. The molecule has 2 rings (SSSR count). The van der Waals surface area contributed by atoms with Crippen LogP contribution in [0.3, 0.4) is 0 Å². The molecular formula is C8H8N4Pt. The zero-order valence-corrected chi connectivity index (χ0v) is 8.95. The maximum atomic E-state index is 5.63. The summed E-state index contributed by atoms with van der Waals surface area (Å²) < 4.78 is 0. The van der Waals surface area contributed by atoms with Gasteiger partial charge in [-0.2, -0.15) is 4.98 Å². The van der Waals surface area contributed by atoms with Gasteiger partial charge in [0.15, 0.2) is 0 Å². The number of fused-ring (bicyclic) bond motifs is 1. The van der Waals surface area contributed by atoms with E-state index in [0.29, 0.717) is 5.82 Å². The molecule has 13 heavy (non-hydrogen) atoms. The Balaban J connectivity index is 0.000000845. The van der Waals surface area contributed by atoms with Crippen LogP contribution < -0.4 is 11.5 Å². The van der Waals surface area contributed by atoms with E-state index in [1.165, 1.54) is 0 Å². The van der Waals surface area contributed by atoms with E-state index in [1.54, 1.807) is 0 Å². The van der Waals surface area contributed by atoms with E-state index in [1.807, 2.05) is 24.3 Å². The zero-order chi connectivity index (χ0) is 8.55. The Labute approximate surface area is 89.6 Å². The molecule has 4 nitrogen and oxygen atoms in total. The third-order valence-corrected chi connectivity index (χ3v) is 1.65. The predicted molar refractivity (Wildman–Crippen MR) is 48.4 cm³/mol. The Morgan fingerprint density at radius 2 is 1.69 bits per heavy atom. The van der Waals surface area contributed by atoms with Crippen LogP contribution in [0.5, 0.6) is 0 Å². The van der Waals surface area contributed by atoms with Crippen molar-refractivity contribution in [3.05, 3.63) is 24.3 Å². The Kier molecular flexibility index (Phi) is 2.83. The molecule has 0 spiro atoms. The van der Waals surface area contributed by atoms with Crippen LogP contribution in [0.15, 0.2) is 24.3 Å². The summed E-state index contributed by atoms with van der Waals surface area (Å²) in [7, 11) is 0. The molecule has 0 aliphatic rings. The van der Waals surface area contributed by atoms with Gasteiger partial charge in [-0.15, -0.1) is 0 Å². The van der Waals surface area contributed by atoms with Crippen molar-refractivity contribution < 1.29 is 21.1 Å². The number of para-hydroxylation sites is 1. The van der Waals surface area contributed by atoms with Gasteiger partial charge in [0.1, 0.15) is 5.82 Å². The molecule has 1 heterocycles. The largest absolute Gasteiger partial charge is 0.383 e. The Bertz CT molecular complexity index is 429. The first kappa shape index (κ1) is 9.93. The minimum absolute atomic E-state index is 0. The molecule has 0 bridgehead atoms. The molecule has 4 N–H and O–H groups in total. The fourth-order valence-corrected chi connectivity index (χ4v) is 1.12. The number of hydrogen-bond acceptors (Lipinski definition) is 4. The van der Waals surface area contributed by atoms with Crippen LogP contribution in [-0.2, 0) is 21.1 Å². The molecule has 0 fully saturated rings. The van der Waals surface area contributed by atoms with Crippen LogP contribution >= 0.6 is 0 Å². The second kappa shape index (κ2) is 3.71. The molecule has 1 aromatic heterocycles. The molecule has 0 atom stereocenters. The normalized spacial score (nSPS) is 9.54. The average Bonchev–Trinajstić information content (AvgIpc) is 2.04. The van der Waals surface area contributed by atoms with E-state index in [2.05, 4.69) is 9.97 Å². The first-order valence-corrected chi connectivity index (χ1v) is 3.55. The quantitative estimate of drug-likeness (QED) is 0.733. The Morgan fingerprint density at radius 1 is 1.00 bits per heavy atom. The summed E-state index contributed by atoms with van der Waals surface area (Å²) in [4.78, 5) is 7.87. The van der Waals surface area contributed by atoms with Crippen LogP contribution in [0.2, 0.25) is 0 Å². The van der Waals surface area contributed by atoms with Gasteiger partial charge in [-0.05, 0) is 12.1 Å². The molecule has 0 aliphatic heterocycles. The molecule has 70 valence electrons. The van der Waals surface area contributed by atoms with Crippen LogP contribution in [0, 0.1) is 0 Å². The van der Waals surface area contributed by atoms with Crippen molar-refractivity contribution in [2.75, 3.05) is 11.5 Å². The number of aromatic nitrogens is 2. The molecule has 1 aromatic carbocycles. The summed E-state index contributed by atoms with van der Waals surface area (Å²) in [5.41, 5.74) is 11.8. The van der Waals surface area contributed by atoms with Crippen molar-refractivity contribution in [1.29, 1.82) is 0 Å². The van der Waals surface area contributed by atoms with E-state index >= 15 is 0 Å². The number of rotatable bonds is 0. The third kappa shape index (κ3) is 1.78. The van der Waals surface area contributed by atoms with Crippen molar-refractivity contribution in [2.45, 2.75) is 0 Å². The predicted octanol–water partition coefficient (Wildman–Crippen LogP) is 0.792. The molecule has 2 aromatic rings. The number of nitrogens with zero attached hydrogens (tertiary/aromatic N) is 2. The summed E-state index contributed by atoms with van der Waals surface area (Å²) in [5.74, 6) is 0.643. The number of nitrogens with two attached hydrogens (primary N) is 2. The molecule has 0 saturated heterocycles. The first-order chi connectivity index (χ1) is 5.77.